The molecular formula is C31H32F3N7O. The second kappa shape index (κ2) is 11.8. The van der Waals surface area contributed by atoms with E-state index in [9.17, 15) is 18.0 Å². The molecule has 42 heavy (non-hydrogen) atoms. The van der Waals surface area contributed by atoms with Crippen LogP contribution in [-0.2, 0) is 11.0 Å². The van der Waals surface area contributed by atoms with Gasteiger partial charge < -0.3 is 20.0 Å². The van der Waals surface area contributed by atoms with E-state index in [1.54, 1.807) is 29.6 Å². The van der Waals surface area contributed by atoms with E-state index < -0.39 is 11.7 Å². The highest BCUT2D eigenvalue weighted by Gasteiger charge is 2.31. The topological polar surface area (TPSA) is 69.0 Å². The third-order valence-electron chi connectivity index (χ3n) is 7.92. The molecule has 3 aromatic rings. The van der Waals surface area contributed by atoms with Gasteiger partial charge in [-0.15, -0.1) is 0 Å². The van der Waals surface area contributed by atoms with Crippen LogP contribution in [0.4, 0.5) is 30.4 Å². The number of fused-ring (bicyclic) bond motifs is 1. The van der Waals surface area contributed by atoms with Crippen LogP contribution in [0.3, 0.4) is 0 Å². The van der Waals surface area contributed by atoms with Crippen molar-refractivity contribution in [2.45, 2.75) is 25.4 Å². The number of alkyl halides is 3. The molecule has 3 aliphatic heterocycles. The molecule has 0 radical (unpaired) electrons. The molecule has 1 amide bonds. The molecule has 0 unspecified atom stereocenters. The molecule has 0 spiro atoms. The highest BCUT2D eigenvalue weighted by atomic mass is 19.4. The number of carbonyl (C=O) groups is 1. The van der Waals surface area contributed by atoms with Crippen LogP contribution in [0, 0.1) is 0 Å². The Bertz CT molecular complexity index is 1520. The van der Waals surface area contributed by atoms with Gasteiger partial charge in [0.05, 0.1) is 30.7 Å². The maximum atomic E-state index is 13.2. The molecule has 1 aromatic heterocycles. The van der Waals surface area contributed by atoms with E-state index in [4.69, 9.17) is 4.98 Å². The fraction of sp³-hybridized carbons (Fsp3) is 0.355. The summed E-state index contributed by atoms with van der Waals surface area (Å²) in [6.07, 6.45) is 4.24. The SMILES string of the molecule is O=C(CNc1c(-c2ccc(N3CCCCC3)cc2)nc2n1C=C=CN=C2)N1CCN(c2cccc(C(F)(F)F)c2)CC1. The number of piperazine rings is 1. The lowest BCUT2D eigenvalue weighted by Gasteiger charge is -2.36. The number of anilines is 3. The highest BCUT2D eigenvalue weighted by Crippen LogP contribution is 2.33. The molecule has 2 fully saturated rings. The van der Waals surface area contributed by atoms with Gasteiger partial charge in [-0.25, -0.2) is 4.98 Å². The van der Waals surface area contributed by atoms with E-state index in [2.05, 4.69) is 45.2 Å². The van der Waals surface area contributed by atoms with Gasteiger partial charge in [0.1, 0.15) is 11.5 Å². The summed E-state index contributed by atoms with van der Waals surface area (Å²) >= 11 is 0. The van der Waals surface area contributed by atoms with Gasteiger partial charge >= 0.3 is 6.18 Å². The summed E-state index contributed by atoms with van der Waals surface area (Å²) in [6, 6.07) is 13.7. The van der Waals surface area contributed by atoms with Crippen LogP contribution >= 0.6 is 0 Å². The largest absolute Gasteiger partial charge is 0.416 e. The van der Waals surface area contributed by atoms with Crippen molar-refractivity contribution >= 4 is 35.5 Å². The first-order valence-corrected chi connectivity index (χ1v) is 14.2. The minimum atomic E-state index is -4.39. The van der Waals surface area contributed by atoms with E-state index in [1.807, 2.05) is 9.47 Å². The summed E-state index contributed by atoms with van der Waals surface area (Å²) in [5, 5.41) is 3.30. The fourth-order valence-electron chi connectivity index (χ4n) is 5.64. The van der Waals surface area contributed by atoms with E-state index in [0.717, 1.165) is 30.8 Å². The van der Waals surface area contributed by atoms with Crippen molar-refractivity contribution in [3.8, 4) is 11.3 Å². The van der Waals surface area contributed by atoms with Crippen molar-refractivity contribution in [2.24, 2.45) is 4.99 Å². The predicted molar refractivity (Wildman–Crippen MR) is 159 cm³/mol. The standard InChI is InChI=1S/C31H32F3N7O/c32-31(33,34)24-6-4-7-26(20-24)39-16-18-40(19-17-39)28(42)22-36-30-29(37-27-21-35-12-5-15-41(27)30)23-8-10-25(11-9-23)38-13-2-1-3-14-38/h4,6-12,15,20-21,36H,1-3,13-14,16-19,22H2. The Balaban J connectivity index is 1.14. The zero-order valence-electron chi connectivity index (χ0n) is 23.1. The Kier molecular flexibility index (Phi) is 7.75. The van der Waals surface area contributed by atoms with Gasteiger partial charge in [0.2, 0.25) is 5.91 Å². The number of halogens is 3. The number of nitrogens with one attached hydrogen (secondary N) is 1. The first-order valence-electron chi connectivity index (χ1n) is 14.2. The number of piperidine rings is 1. The second-order valence-electron chi connectivity index (χ2n) is 10.6. The minimum absolute atomic E-state index is 0.0439. The van der Waals surface area contributed by atoms with Gasteiger partial charge in [-0.2, -0.15) is 13.2 Å². The molecule has 3 aliphatic rings. The molecule has 2 aromatic carbocycles. The van der Waals surface area contributed by atoms with E-state index in [0.29, 0.717) is 49.2 Å². The van der Waals surface area contributed by atoms with Gasteiger partial charge in [0, 0.05) is 56.2 Å². The third kappa shape index (κ3) is 5.92. The van der Waals surface area contributed by atoms with Crippen molar-refractivity contribution in [1.82, 2.24) is 14.5 Å². The number of hydrogen-bond donors (Lipinski definition) is 1. The van der Waals surface area contributed by atoms with Crippen molar-refractivity contribution in [1.29, 1.82) is 0 Å². The minimum Gasteiger partial charge on any atom is -0.372 e. The molecule has 218 valence electrons. The van der Waals surface area contributed by atoms with Crippen molar-refractivity contribution < 1.29 is 18.0 Å². The number of rotatable bonds is 6. The monoisotopic (exact) mass is 575 g/mol. The first-order chi connectivity index (χ1) is 20.4. The molecular weight excluding hydrogens is 543 g/mol. The lowest BCUT2D eigenvalue weighted by atomic mass is 10.1. The summed E-state index contributed by atoms with van der Waals surface area (Å²) in [6.45, 7) is 3.91. The molecule has 1 N–H and O–H groups in total. The zero-order chi connectivity index (χ0) is 29.1. The lowest BCUT2D eigenvalue weighted by molar-refractivity contribution is -0.137. The lowest BCUT2D eigenvalue weighted by Crippen LogP contribution is -2.50. The Hall–Kier alpha value is -4.50. The predicted octanol–water partition coefficient (Wildman–Crippen LogP) is 5.34. The molecule has 0 saturated carbocycles. The average molecular weight is 576 g/mol. The summed E-state index contributed by atoms with van der Waals surface area (Å²) in [5.41, 5.74) is 5.67. The molecule has 0 atom stereocenters. The smallest absolute Gasteiger partial charge is 0.372 e. The fourth-order valence-corrected chi connectivity index (χ4v) is 5.64. The summed E-state index contributed by atoms with van der Waals surface area (Å²) < 4.78 is 41.3. The normalized spacial score (nSPS) is 16.9. The van der Waals surface area contributed by atoms with Gasteiger partial charge in [-0.3, -0.25) is 14.4 Å². The molecule has 4 heterocycles. The van der Waals surface area contributed by atoms with Gasteiger partial charge in [-0.1, -0.05) is 23.9 Å². The number of imidazole rings is 1. The summed E-state index contributed by atoms with van der Waals surface area (Å²) in [7, 11) is 0. The van der Waals surface area contributed by atoms with Crippen molar-refractivity contribution in [3.05, 3.63) is 71.8 Å². The van der Waals surface area contributed by atoms with Crippen LogP contribution in [0.2, 0.25) is 0 Å². The van der Waals surface area contributed by atoms with E-state index in [-0.39, 0.29) is 12.5 Å². The quantitative estimate of drug-likeness (QED) is 0.402. The molecule has 2 saturated heterocycles. The van der Waals surface area contributed by atoms with Crippen LogP contribution in [-0.4, -0.2) is 72.4 Å². The Morgan fingerprint density at radius 3 is 2.38 bits per heavy atom. The highest BCUT2D eigenvalue weighted by molar-refractivity contribution is 5.87. The molecule has 11 heteroatoms. The van der Waals surface area contributed by atoms with Crippen LogP contribution in [0.25, 0.3) is 17.5 Å². The van der Waals surface area contributed by atoms with Crippen LogP contribution in [0.5, 0.6) is 0 Å². The Morgan fingerprint density at radius 2 is 1.64 bits per heavy atom. The number of carbonyl (C=O) groups excluding carboxylic acids is 1. The van der Waals surface area contributed by atoms with Crippen LogP contribution < -0.4 is 15.1 Å². The first kappa shape index (κ1) is 27.7. The van der Waals surface area contributed by atoms with Gasteiger partial charge in [0.15, 0.2) is 5.82 Å². The number of aliphatic imine (C=N–C) groups is 1. The molecule has 0 bridgehead atoms. The van der Waals surface area contributed by atoms with Crippen molar-refractivity contribution in [2.75, 3.05) is 60.9 Å². The number of amides is 1. The second-order valence-corrected chi connectivity index (χ2v) is 10.6. The van der Waals surface area contributed by atoms with Crippen molar-refractivity contribution in [3.63, 3.8) is 0 Å². The average Bonchev–Trinajstić information content (AvgIpc) is 3.19. The number of benzene rings is 2. The van der Waals surface area contributed by atoms with E-state index in [1.165, 1.54) is 31.0 Å². The number of aromatic nitrogens is 2. The Labute approximate surface area is 242 Å². The van der Waals surface area contributed by atoms with Crippen LogP contribution in [0.15, 0.2) is 65.5 Å². The van der Waals surface area contributed by atoms with Gasteiger partial charge in [0.25, 0.3) is 0 Å². The van der Waals surface area contributed by atoms with Gasteiger partial charge in [-0.05, 0) is 49.6 Å². The summed E-state index contributed by atoms with van der Waals surface area (Å²) in [5.74, 6) is 1.19. The maximum Gasteiger partial charge on any atom is 0.416 e. The molecule has 8 nitrogen and oxygen atoms in total. The molecule has 0 aliphatic carbocycles. The Morgan fingerprint density at radius 1 is 0.905 bits per heavy atom. The maximum absolute atomic E-state index is 13.2. The third-order valence-corrected chi connectivity index (χ3v) is 7.92. The number of nitrogens with zero attached hydrogens (tertiary/aromatic N) is 6. The zero-order valence-corrected chi connectivity index (χ0v) is 23.1. The van der Waals surface area contributed by atoms with Crippen LogP contribution in [0.1, 0.15) is 30.7 Å². The number of hydrogen-bond acceptors (Lipinski definition) is 6. The van der Waals surface area contributed by atoms with E-state index >= 15 is 0 Å². The molecule has 6 rings (SSSR count). The summed E-state index contributed by atoms with van der Waals surface area (Å²) in [4.78, 5) is 28.3.